The fourth-order valence-electron chi connectivity index (χ4n) is 11.5. The molecule has 2 aliphatic carbocycles. The molecule has 1 amide bonds. The molecule has 356 valence electrons. The lowest BCUT2D eigenvalue weighted by Gasteiger charge is -2.56. The Hall–Kier alpha value is -6.04. The molecule has 10 nitrogen and oxygen atoms in total. The van der Waals surface area contributed by atoms with Crippen LogP contribution in [0.1, 0.15) is 107 Å². The second kappa shape index (κ2) is 17.1. The molecule has 2 saturated carbocycles. The Balaban J connectivity index is 1.14. The largest absolute Gasteiger partial charge is 0.465 e. The number of nitrogens with zero attached hydrogens (tertiary/aromatic N) is 7. The molecule has 69 heavy (non-hydrogen) atoms. The van der Waals surface area contributed by atoms with Gasteiger partial charge in [-0.2, -0.15) is 10.1 Å². The van der Waals surface area contributed by atoms with E-state index in [1.54, 1.807) is 4.90 Å². The van der Waals surface area contributed by atoms with E-state index in [1.165, 1.54) is 12.8 Å². The molecule has 4 aliphatic rings. The first-order valence-electron chi connectivity index (χ1n) is 24.9. The summed E-state index contributed by atoms with van der Waals surface area (Å²) in [5.41, 5.74) is 4.85. The molecule has 4 heterocycles. The van der Waals surface area contributed by atoms with Crippen LogP contribution in [-0.4, -0.2) is 90.6 Å². The lowest BCUT2D eigenvalue weighted by atomic mass is 9.71. The van der Waals surface area contributed by atoms with E-state index in [4.69, 9.17) is 26.7 Å². The van der Waals surface area contributed by atoms with Crippen molar-refractivity contribution in [1.82, 2.24) is 29.5 Å². The van der Waals surface area contributed by atoms with Crippen LogP contribution in [0.4, 0.5) is 21.0 Å². The SMILES string of the molecule is Cc1ccc2c(c(C3CC3)nn2C(c2ccccc2)(c2ccccc2)c2ccccc2)c1-c1c(Cl)cc2c(N3C[C@@](C)(C(C)(C)C)N(C(=O)O)C[C@@H]3C)nc(NC3CCN(C4CC4)CC3)nc2c1F. The standard InChI is InChI=1S/C57H62ClFN8O2/c1-35-22-27-45-48(50(37-23-24-37)63-67(45)57(38-16-10-7-11-17-38,39-18-12-8-13-19-39)40-20-14-9-15-21-40)46(35)47-44(58)32-43-51(49(47)59)61-53(60-41-28-30-64(31-29-41)42-25-26-42)62-52(43)65-34-56(6,55(3,4)5)66(54(68)69)33-36(65)2/h7-22,27,32,36-37,41-42H,23-26,28-31,33-34H2,1-6H3,(H,68,69)(H,60,61,62)/t36-,56-/m0/s1. The molecule has 0 radical (unpaired) electrons. The van der Waals surface area contributed by atoms with Crippen molar-refractivity contribution in [3.05, 3.63) is 148 Å². The number of aryl methyl sites for hydroxylation is 1. The third-order valence-electron chi connectivity index (χ3n) is 16.2. The van der Waals surface area contributed by atoms with Gasteiger partial charge in [-0.3, -0.25) is 4.90 Å². The molecule has 11 rings (SSSR count). The Bertz CT molecular complexity index is 2970. The number of nitrogens with one attached hydrogen (secondary N) is 1. The van der Waals surface area contributed by atoms with Crippen molar-refractivity contribution in [3.8, 4) is 11.1 Å². The molecule has 0 unspecified atom stereocenters. The second-order valence-corrected chi connectivity index (χ2v) is 21.8. The van der Waals surface area contributed by atoms with E-state index in [1.807, 2.05) is 45.0 Å². The molecule has 2 atom stereocenters. The summed E-state index contributed by atoms with van der Waals surface area (Å²) in [6.07, 6.45) is 5.40. The number of rotatable bonds is 10. The summed E-state index contributed by atoms with van der Waals surface area (Å²) in [6.45, 7) is 14.8. The summed E-state index contributed by atoms with van der Waals surface area (Å²) in [4.78, 5) is 29.5. The quantitative estimate of drug-likeness (QED) is 0.131. The van der Waals surface area contributed by atoms with E-state index in [-0.39, 0.29) is 40.6 Å². The highest BCUT2D eigenvalue weighted by Gasteiger charge is 2.51. The number of anilines is 2. The molecule has 5 aromatic carbocycles. The normalized spacial score (nSPS) is 20.8. The predicted molar refractivity (Wildman–Crippen MR) is 275 cm³/mol. The number of aromatic nitrogens is 4. The zero-order chi connectivity index (χ0) is 48.0. The molecule has 4 fully saturated rings. The second-order valence-electron chi connectivity index (χ2n) is 21.4. The third kappa shape index (κ3) is 7.62. The lowest BCUT2D eigenvalue weighted by Crippen LogP contribution is -2.70. The number of carbonyl (C=O) groups is 1. The number of carboxylic acid groups (broad SMARTS) is 1. The summed E-state index contributed by atoms with van der Waals surface area (Å²) >= 11 is 7.58. The van der Waals surface area contributed by atoms with Gasteiger partial charge in [-0.05, 0) is 99.1 Å². The number of piperazine rings is 1. The van der Waals surface area contributed by atoms with Crippen LogP contribution in [0.15, 0.2) is 109 Å². The van der Waals surface area contributed by atoms with Crippen LogP contribution in [0.5, 0.6) is 0 Å². The van der Waals surface area contributed by atoms with Gasteiger partial charge in [0, 0.05) is 72.1 Å². The minimum atomic E-state index is -0.961. The minimum absolute atomic E-state index is 0.114. The van der Waals surface area contributed by atoms with Gasteiger partial charge in [0.1, 0.15) is 16.9 Å². The maximum Gasteiger partial charge on any atom is 0.407 e. The van der Waals surface area contributed by atoms with Crippen LogP contribution in [0.3, 0.4) is 0 Å². The maximum atomic E-state index is 18.6. The summed E-state index contributed by atoms with van der Waals surface area (Å²) < 4.78 is 20.8. The number of benzene rings is 5. The van der Waals surface area contributed by atoms with E-state index in [9.17, 15) is 9.90 Å². The van der Waals surface area contributed by atoms with E-state index in [0.29, 0.717) is 35.3 Å². The van der Waals surface area contributed by atoms with Gasteiger partial charge in [0.15, 0.2) is 5.82 Å². The third-order valence-corrected chi connectivity index (χ3v) is 16.4. The average molecular weight is 946 g/mol. The fourth-order valence-corrected chi connectivity index (χ4v) is 11.8. The lowest BCUT2D eigenvalue weighted by molar-refractivity contribution is -0.00146. The van der Waals surface area contributed by atoms with E-state index in [2.05, 4.69) is 125 Å². The van der Waals surface area contributed by atoms with Gasteiger partial charge in [0.05, 0.1) is 21.8 Å². The first-order chi connectivity index (χ1) is 33.2. The Morgan fingerprint density at radius 3 is 1.96 bits per heavy atom. The number of hydrogen-bond donors (Lipinski definition) is 2. The van der Waals surface area contributed by atoms with Crippen LogP contribution in [0.2, 0.25) is 5.02 Å². The monoisotopic (exact) mass is 944 g/mol. The number of hydrogen-bond acceptors (Lipinski definition) is 7. The summed E-state index contributed by atoms with van der Waals surface area (Å²) in [5, 5.41) is 21.5. The first-order valence-corrected chi connectivity index (χ1v) is 25.2. The van der Waals surface area contributed by atoms with E-state index in [0.717, 1.165) is 77.6 Å². The molecule has 2 aromatic heterocycles. The van der Waals surface area contributed by atoms with Crippen molar-refractivity contribution in [3.63, 3.8) is 0 Å². The van der Waals surface area contributed by atoms with Crippen LogP contribution in [-0.2, 0) is 5.54 Å². The van der Waals surface area contributed by atoms with Crippen molar-refractivity contribution in [2.75, 3.05) is 36.4 Å². The maximum absolute atomic E-state index is 18.6. The highest BCUT2D eigenvalue weighted by atomic mass is 35.5. The zero-order valence-corrected chi connectivity index (χ0v) is 41.3. The van der Waals surface area contributed by atoms with E-state index < -0.39 is 28.4 Å². The molecule has 7 aromatic rings. The van der Waals surface area contributed by atoms with Gasteiger partial charge < -0.3 is 20.2 Å². The van der Waals surface area contributed by atoms with Crippen LogP contribution in [0, 0.1) is 18.2 Å². The van der Waals surface area contributed by atoms with Crippen LogP contribution >= 0.6 is 11.6 Å². The van der Waals surface area contributed by atoms with Gasteiger partial charge in [0.2, 0.25) is 5.95 Å². The average Bonchev–Trinajstić information content (AvgIpc) is 4.30. The zero-order valence-electron chi connectivity index (χ0n) is 40.5. The molecule has 2 saturated heterocycles. The summed E-state index contributed by atoms with van der Waals surface area (Å²) in [7, 11) is 0. The van der Waals surface area contributed by atoms with Crippen molar-refractivity contribution in [2.24, 2.45) is 5.41 Å². The Kier molecular flexibility index (Phi) is 11.3. The number of halogens is 2. The first kappa shape index (κ1) is 45.4. The van der Waals surface area contributed by atoms with Gasteiger partial charge in [-0.15, -0.1) is 0 Å². The predicted octanol–water partition coefficient (Wildman–Crippen LogP) is 12.5. The molecular weight excluding hydrogens is 883 g/mol. The van der Waals surface area contributed by atoms with Crippen molar-refractivity contribution in [2.45, 2.75) is 115 Å². The van der Waals surface area contributed by atoms with Crippen LogP contribution in [0.25, 0.3) is 32.9 Å². The molecule has 2 N–H and O–H groups in total. The molecule has 12 heteroatoms. The Morgan fingerprint density at radius 1 is 0.826 bits per heavy atom. The smallest absolute Gasteiger partial charge is 0.407 e. The highest BCUT2D eigenvalue weighted by molar-refractivity contribution is 6.35. The van der Waals surface area contributed by atoms with Gasteiger partial charge in [-0.1, -0.05) is 129 Å². The van der Waals surface area contributed by atoms with Gasteiger partial charge in [0.25, 0.3) is 0 Å². The van der Waals surface area contributed by atoms with Crippen molar-refractivity contribution >= 4 is 51.3 Å². The molecule has 0 bridgehead atoms. The van der Waals surface area contributed by atoms with Gasteiger partial charge >= 0.3 is 6.09 Å². The number of fused-ring (bicyclic) bond motifs is 2. The Labute approximate surface area is 409 Å². The minimum Gasteiger partial charge on any atom is -0.465 e. The van der Waals surface area contributed by atoms with Crippen molar-refractivity contribution < 1.29 is 14.3 Å². The molecular formula is C57H62ClFN8O2. The number of piperidine rings is 1. The Morgan fingerprint density at radius 2 is 1.42 bits per heavy atom. The van der Waals surface area contributed by atoms with E-state index >= 15 is 4.39 Å². The van der Waals surface area contributed by atoms with Gasteiger partial charge in [-0.25, -0.2) is 18.9 Å². The van der Waals surface area contributed by atoms with Crippen LogP contribution < -0.4 is 10.2 Å². The highest BCUT2D eigenvalue weighted by Crippen LogP contribution is 2.52. The summed E-state index contributed by atoms with van der Waals surface area (Å²) in [6, 6.07) is 38.2. The topological polar surface area (TPSA) is 103 Å². The number of likely N-dealkylation sites (tertiary alicyclic amines) is 1. The van der Waals surface area contributed by atoms with Crippen molar-refractivity contribution in [1.29, 1.82) is 0 Å². The molecule has 2 aliphatic heterocycles. The fraction of sp³-hybridized carbons (Fsp3) is 0.404. The molecule has 0 spiro atoms. The number of amides is 1. The summed E-state index contributed by atoms with van der Waals surface area (Å²) in [5.74, 6) is 0.571.